The molecule has 0 fully saturated rings. The van der Waals surface area contributed by atoms with Gasteiger partial charge < -0.3 is 15.4 Å². The maximum absolute atomic E-state index is 12.8. The molecule has 0 bridgehead atoms. The molecule has 31 heavy (non-hydrogen) atoms. The van der Waals surface area contributed by atoms with Crippen LogP contribution in [0, 0.1) is 6.92 Å². The third-order valence-electron chi connectivity index (χ3n) is 4.19. The molecule has 160 valence electrons. The van der Waals surface area contributed by atoms with Crippen molar-refractivity contribution in [2.45, 2.75) is 13.8 Å². The van der Waals surface area contributed by atoms with Crippen LogP contribution in [0.4, 0.5) is 21.2 Å². The number of thiophene rings is 1. The summed E-state index contributed by atoms with van der Waals surface area (Å²) >= 11 is 6.86. The Bertz CT molecular complexity index is 1100. The number of halogens is 1. The van der Waals surface area contributed by atoms with Crippen LogP contribution in [0.25, 0.3) is 0 Å². The quantitative estimate of drug-likeness (QED) is 0.408. The minimum absolute atomic E-state index is 0.149. The number of ether oxygens (including phenoxy) is 1. The minimum atomic E-state index is -0.614. The van der Waals surface area contributed by atoms with Crippen molar-refractivity contribution in [3.05, 3.63) is 75.6 Å². The molecule has 0 atom stereocenters. The highest BCUT2D eigenvalue weighted by atomic mass is 35.5. The molecular weight excluding hydrogens is 438 g/mol. The zero-order chi connectivity index (χ0) is 22.4. The minimum Gasteiger partial charge on any atom is -0.462 e. The molecule has 0 spiro atoms. The fourth-order valence-corrected chi connectivity index (χ4v) is 3.99. The zero-order valence-electron chi connectivity index (χ0n) is 16.8. The monoisotopic (exact) mass is 457 g/mol. The normalized spacial score (nSPS) is 10.3. The van der Waals surface area contributed by atoms with Crippen LogP contribution in [0.15, 0.2) is 54.6 Å². The smallest absolute Gasteiger partial charge is 0.341 e. The van der Waals surface area contributed by atoms with Gasteiger partial charge in [0.05, 0.1) is 17.0 Å². The van der Waals surface area contributed by atoms with E-state index in [0.29, 0.717) is 26.8 Å². The van der Waals surface area contributed by atoms with Crippen molar-refractivity contribution < 1.29 is 19.1 Å². The summed E-state index contributed by atoms with van der Waals surface area (Å²) in [5.41, 5.74) is 1.72. The fraction of sp³-hybridized carbons (Fsp3) is 0.136. The van der Waals surface area contributed by atoms with Crippen LogP contribution in [0.5, 0.6) is 0 Å². The molecule has 0 unspecified atom stereocenters. The van der Waals surface area contributed by atoms with Crippen molar-refractivity contribution in [3.63, 3.8) is 0 Å². The van der Waals surface area contributed by atoms with Crippen molar-refractivity contribution in [3.8, 4) is 0 Å². The summed E-state index contributed by atoms with van der Waals surface area (Å²) in [6.07, 6.45) is 0. The average molecular weight is 458 g/mol. The zero-order valence-corrected chi connectivity index (χ0v) is 18.4. The molecule has 0 radical (unpaired) electrons. The Morgan fingerprint density at radius 1 is 0.935 bits per heavy atom. The second-order valence-electron chi connectivity index (χ2n) is 6.39. The topological polar surface area (TPSA) is 96.5 Å². The van der Waals surface area contributed by atoms with E-state index in [9.17, 15) is 14.4 Å². The van der Waals surface area contributed by atoms with Gasteiger partial charge in [-0.25, -0.2) is 9.59 Å². The largest absolute Gasteiger partial charge is 0.462 e. The molecule has 0 aliphatic rings. The van der Waals surface area contributed by atoms with Gasteiger partial charge in [0.1, 0.15) is 5.00 Å². The number of nitrogens with one attached hydrogen (secondary N) is 3. The number of rotatable bonds is 6. The van der Waals surface area contributed by atoms with Crippen LogP contribution in [-0.2, 0) is 4.74 Å². The SMILES string of the molecule is CCOC(=O)c1c(NC(=O)Nc2ccc(Cl)cc2)sc(C(=O)Nc2ccccc2)c1C. The Morgan fingerprint density at radius 2 is 1.58 bits per heavy atom. The second kappa shape index (κ2) is 10.1. The fourth-order valence-electron chi connectivity index (χ4n) is 2.78. The number of carbonyl (C=O) groups is 3. The third kappa shape index (κ3) is 5.62. The summed E-state index contributed by atoms with van der Waals surface area (Å²) < 4.78 is 5.12. The molecule has 1 aromatic heterocycles. The lowest BCUT2D eigenvalue weighted by atomic mass is 10.1. The van der Waals surface area contributed by atoms with E-state index < -0.39 is 12.0 Å². The highest BCUT2D eigenvalue weighted by Crippen LogP contribution is 2.34. The van der Waals surface area contributed by atoms with Gasteiger partial charge in [-0.2, -0.15) is 0 Å². The summed E-state index contributed by atoms with van der Waals surface area (Å²) in [6, 6.07) is 15.0. The predicted molar refractivity (Wildman–Crippen MR) is 124 cm³/mol. The molecule has 0 saturated heterocycles. The van der Waals surface area contributed by atoms with Crippen molar-refractivity contribution in [2.24, 2.45) is 0 Å². The Kier molecular flexibility index (Phi) is 7.28. The molecule has 3 aromatic rings. The number of esters is 1. The van der Waals surface area contributed by atoms with E-state index in [2.05, 4.69) is 16.0 Å². The first-order valence-corrected chi connectivity index (χ1v) is 10.6. The number of amides is 3. The van der Waals surface area contributed by atoms with Crippen LogP contribution in [0.1, 0.15) is 32.5 Å². The van der Waals surface area contributed by atoms with Gasteiger partial charge >= 0.3 is 12.0 Å². The van der Waals surface area contributed by atoms with Crippen molar-refractivity contribution >= 4 is 57.2 Å². The van der Waals surface area contributed by atoms with Crippen molar-refractivity contribution in [1.29, 1.82) is 0 Å². The number of hydrogen-bond donors (Lipinski definition) is 3. The molecule has 3 rings (SSSR count). The Hall–Kier alpha value is -3.36. The first-order valence-electron chi connectivity index (χ1n) is 9.39. The number of anilines is 3. The molecule has 2 aromatic carbocycles. The Balaban J connectivity index is 1.86. The average Bonchev–Trinajstić information content (AvgIpc) is 3.06. The number of benzene rings is 2. The molecular formula is C22H20ClN3O4S. The third-order valence-corrected chi connectivity index (χ3v) is 5.65. The van der Waals surface area contributed by atoms with Gasteiger partial charge in [0, 0.05) is 16.4 Å². The van der Waals surface area contributed by atoms with Crippen LogP contribution < -0.4 is 16.0 Å². The van der Waals surface area contributed by atoms with E-state index >= 15 is 0 Å². The summed E-state index contributed by atoms with van der Waals surface area (Å²) in [6.45, 7) is 3.49. The lowest BCUT2D eigenvalue weighted by molar-refractivity contribution is 0.0527. The number of urea groups is 1. The maximum Gasteiger partial charge on any atom is 0.341 e. The molecule has 1 heterocycles. The van der Waals surface area contributed by atoms with Gasteiger partial charge in [-0.05, 0) is 55.8 Å². The van der Waals surface area contributed by atoms with Crippen LogP contribution in [-0.4, -0.2) is 24.5 Å². The molecule has 0 aliphatic carbocycles. The van der Waals surface area contributed by atoms with E-state index in [1.54, 1.807) is 62.4 Å². The van der Waals surface area contributed by atoms with E-state index in [-0.39, 0.29) is 23.1 Å². The lowest BCUT2D eigenvalue weighted by Crippen LogP contribution is -2.20. The molecule has 9 heteroatoms. The highest BCUT2D eigenvalue weighted by molar-refractivity contribution is 7.19. The standard InChI is InChI=1S/C22H20ClN3O4S/c1-3-30-21(28)17-13(2)18(19(27)24-15-7-5-4-6-8-15)31-20(17)26-22(29)25-16-11-9-14(23)10-12-16/h4-12H,3H2,1-2H3,(H,24,27)(H2,25,26,29). The first kappa shape index (κ1) is 22.3. The predicted octanol–water partition coefficient (Wildman–Crippen LogP) is 5.78. The van der Waals surface area contributed by atoms with E-state index in [4.69, 9.17) is 16.3 Å². The van der Waals surface area contributed by atoms with Crippen LogP contribution in [0.2, 0.25) is 5.02 Å². The van der Waals surface area contributed by atoms with Gasteiger partial charge in [-0.1, -0.05) is 29.8 Å². The van der Waals surface area contributed by atoms with E-state index in [1.807, 2.05) is 6.07 Å². The molecule has 0 aliphatic heterocycles. The molecule has 3 amide bonds. The molecule has 0 saturated carbocycles. The lowest BCUT2D eigenvalue weighted by Gasteiger charge is -2.08. The van der Waals surface area contributed by atoms with Gasteiger partial charge in [0.25, 0.3) is 5.91 Å². The molecule has 3 N–H and O–H groups in total. The van der Waals surface area contributed by atoms with Crippen molar-refractivity contribution in [2.75, 3.05) is 22.6 Å². The number of hydrogen-bond acceptors (Lipinski definition) is 5. The summed E-state index contributed by atoms with van der Waals surface area (Å²) in [4.78, 5) is 38.1. The van der Waals surface area contributed by atoms with Gasteiger partial charge in [-0.3, -0.25) is 10.1 Å². The van der Waals surface area contributed by atoms with Gasteiger partial charge in [0.15, 0.2) is 0 Å². The number of carbonyl (C=O) groups excluding carboxylic acids is 3. The maximum atomic E-state index is 12.8. The Morgan fingerprint density at radius 3 is 2.23 bits per heavy atom. The van der Waals surface area contributed by atoms with Gasteiger partial charge in [-0.15, -0.1) is 11.3 Å². The summed E-state index contributed by atoms with van der Waals surface area (Å²) in [7, 11) is 0. The second-order valence-corrected chi connectivity index (χ2v) is 7.84. The van der Waals surface area contributed by atoms with E-state index in [1.165, 1.54) is 0 Å². The van der Waals surface area contributed by atoms with E-state index in [0.717, 1.165) is 11.3 Å². The van der Waals surface area contributed by atoms with Crippen LogP contribution in [0.3, 0.4) is 0 Å². The summed E-state index contributed by atoms with van der Waals surface area (Å²) in [5, 5.41) is 8.86. The number of para-hydroxylation sites is 1. The Labute approximate surface area is 188 Å². The molecule has 7 nitrogen and oxygen atoms in total. The van der Waals surface area contributed by atoms with Crippen LogP contribution >= 0.6 is 22.9 Å². The highest BCUT2D eigenvalue weighted by Gasteiger charge is 2.26. The van der Waals surface area contributed by atoms with Gasteiger partial charge in [0.2, 0.25) is 0 Å². The summed E-state index contributed by atoms with van der Waals surface area (Å²) in [5.74, 6) is -0.998. The van der Waals surface area contributed by atoms with Crippen molar-refractivity contribution in [1.82, 2.24) is 0 Å². The first-order chi connectivity index (χ1) is 14.9.